The highest BCUT2D eigenvalue weighted by molar-refractivity contribution is 7.90. The van der Waals surface area contributed by atoms with E-state index in [9.17, 15) is 8.42 Å². The van der Waals surface area contributed by atoms with Gasteiger partial charge in [0.2, 0.25) is 0 Å². The normalized spacial score (nSPS) is 11.8. The maximum absolute atomic E-state index is 12.3. The summed E-state index contributed by atoms with van der Waals surface area (Å²) < 4.78 is 28.6. The summed E-state index contributed by atoms with van der Waals surface area (Å²) >= 11 is 0. The van der Waals surface area contributed by atoms with Crippen LogP contribution in [0.5, 0.6) is 0 Å². The monoisotopic (exact) mass is 313 g/mol. The third-order valence-electron chi connectivity index (χ3n) is 3.30. The molecule has 6 heteroatoms. The molecule has 1 rings (SSSR count). The molecule has 0 bridgehead atoms. The maximum atomic E-state index is 12.3. The summed E-state index contributed by atoms with van der Waals surface area (Å²) in [5.74, 6) is 0. The Bertz CT molecular complexity index is 517. The molecule has 120 valence electrons. The van der Waals surface area contributed by atoms with Gasteiger partial charge in [-0.2, -0.15) is 12.7 Å². The van der Waals surface area contributed by atoms with Gasteiger partial charge in [-0.15, -0.1) is 0 Å². The Kier molecular flexibility index (Phi) is 7.71. The molecule has 0 amide bonds. The lowest BCUT2D eigenvalue weighted by Gasteiger charge is -2.19. The van der Waals surface area contributed by atoms with Gasteiger partial charge in [-0.25, -0.2) is 0 Å². The topological polar surface area (TPSA) is 61.4 Å². The van der Waals surface area contributed by atoms with Crippen molar-refractivity contribution in [1.29, 1.82) is 0 Å². The Morgan fingerprint density at radius 2 is 1.86 bits per heavy atom. The van der Waals surface area contributed by atoms with E-state index < -0.39 is 10.2 Å². The van der Waals surface area contributed by atoms with Crippen LogP contribution < -0.4 is 10.0 Å². The highest BCUT2D eigenvalue weighted by Gasteiger charge is 2.17. The van der Waals surface area contributed by atoms with Gasteiger partial charge < -0.3 is 5.32 Å². The molecule has 5 nitrogen and oxygen atoms in total. The van der Waals surface area contributed by atoms with Crippen LogP contribution in [0.15, 0.2) is 24.3 Å². The van der Waals surface area contributed by atoms with Crippen LogP contribution in [0.4, 0.5) is 5.69 Å². The Hall–Kier alpha value is -1.11. The molecule has 0 fully saturated rings. The van der Waals surface area contributed by atoms with Crippen molar-refractivity contribution in [3.8, 4) is 0 Å². The number of anilines is 1. The second-order valence-corrected chi connectivity index (χ2v) is 6.82. The van der Waals surface area contributed by atoms with Gasteiger partial charge in [0, 0.05) is 13.6 Å². The fraction of sp³-hybridized carbons (Fsp3) is 0.600. The molecule has 0 aliphatic carbocycles. The van der Waals surface area contributed by atoms with Crippen molar-refractivity contribution in [2.45, 2.75) is 33.1 Å². The molecular formula is C15H27N3O2S. The first-order chi connectivity index (χ1) is 10.0. The highest BCUT2D eigenvalue weighted by atomic mass is 32.2. The molecule has 1 aromatic rings. The maximum Gasteiger partial charge on any atom is 0.301 e. The number of nitrogens with zero attached hydrogens (tertiary/aromatic N) is 1. The average Bonchev–Trinajstić information content (AvgIpc) is 2.47. The average molecular weight is 313 g/mol. The van der Waals surface area contributed by atoms with Crippen LogP contribution in [-0.2, 0) is 16.6 Å². The third-order valence-corrected chi connectivity index (χ3v) is 4.78. The van der Waals surface area contributed by atoms with Crippen molar-refractivity contribution in [2.24, 2.45) is 0 Å². The molecule has 0 saturated heterocycles. The van der Waals surface area contributed by atoms with E-state index in [0.29, 0.717) is 12.2 Å². The number of aryl methyl sites for hydroxylation is 1. The zero-order valence-electron chi connectivity index (χ0n) is 13.2. The van der Waals surface area contributed by atoms with Crippen LogP contribution in [-0.4, -0.2) is 39.4 Å². The Balaban J connectivity index is 2.55. The summed E-state index contributed by atoms with van der Waals surface area (Å²) in [5.41, 5.74) is 1.66. The molecule has 0 atom stereocenters. The molecule has 0 unspecified atom stereocenters. The number of nitrogens with one attached hydrogen (secondary N) is 2. The van der Waals surface area contributed by atoms with E-state index in [1.165, 1.54) is 4.31 Å². The Labute approximate surface area is 128 Å². The van der Waals surface area contributed by atoms with E-state index in [0.717, 1.165) is 37.9 Å². The predicted octanol–water partition coefficient (Wildman–Crippen LogP) is 2.23. The van der Waals surface area contributed by atoms with Gasteiger partial charge >= 0.3 is 10.2 Å². The Morgan fingerprint density at radius 3 is 2.52 bits per heavy atom. The first-order valence-corrected chi connectivity index (χ1v) is 8.98. The summed E-state index contributed by atoms with van der Waals surface area (Å²) in [4.78, 5) is 0. The van der Waals surface area contributed by atoms with Crippen molar-refractivity contribution >= 4 is 15.9 Å². The van der Waals surface area contributed by atoms with Gasteiger partial charge in [-0.05, 0) is 44.0 Å². The van der Waals surface area contributed by atoms with Crippen molar-refractivity contribution in [3.05, 3.63) is 29.8 Å². The third kappa shape index (κ3) is 6.03. The number of hydrogen-bond donors (Lipinski definition) is 2. The SMILES string of the molecule is CCCNCCCN(C)S(=O)(=O)Nc1ccccc1CC. The number of rotatable bonds is 10. The van der Waals surface area contributed by atoms with Gasteiger partial charge in [0.15, 0.2) is 0 Å². The van der Waals surface area contributed by atoms with Crippen LogP contribution in [0.25, 0.3) is 0 Å². The summed E-state index contributed by atoms with van der Waals surface area (Å²) in [7, 11) is -1.88. The van der Waals surface area contributed by atoms with Crippen molar-refractivity contribution in [1.82, 2.24) is 9.62 Å². The molecule has 2 N–H and O–H groups in total. The van der Waals surface area contributed by atoms with Gasteiger partial charge in [0.05, 0.1) is 5.69 Å². The molecule has 0 aliphatic rings. The second-order valence-electron chi connectivity index (χ2n) is 5.04. The molecule has 0 spiro atoms. The lowest BCUT2D eigenvalue weighted by atomic mass is 10.1. The Morgan fingerprint density at radius 1 is 1.14 bits per heavy atom. The summed E-state index contributed by atoms with van der Waals surface area (Å²) in [6.07, 6.45) is 2.68. The molecule has 1 aromatic carbocycles. The van der Waals surface area contributed by atoms with Crippen LogP contribution in [0.1, 0.15) is 32.3 Å². The van der Waals surface area contributed by atoms with E-state index in [2.05, 4.69) is 17.0 Å². The predicted molar refractivity (Wildman–Crippen MR) is 88.8 cm³/mol. The van der Waals surface area contributed by atoms with E-state index >= 15 is 0 Å². The van der Waals surface area contributed by atoms with E-state index in [4.69, 9.17) is 0 Å². The smallest absolute Gasteiger partial charge is 0.301 e. The minimum Gasteiger partial charge on any atom is -0.317 e. The van der Waals surface area contributed by atoms with E-state index in [1.807, 2.05) is 25.1 Å². The summed E-state index contributed by atoms with van der Waals surface area (Å²) in [5, 5.41) is 3.27. The largest absolute Gasteiger partial charge is 0.317 e. The fourth-order valence-electron chi connectivity index (χ4n) is 1.99. The molecule has 0 radical (unpaired) electrons. The molecular weight excluding hydrogens is 286 g/mol. The quantitative estimate of drug-likeness (QED) is 0.651. The highest BCUT2D eigenvalue weighted by Crippen LogP contribution is 2.17. The lowest BCUT2D eigenvalue weighted by molar-refractivity contribution is 0.458. The zero-order chi connectivity index (χ0) is 15.7. The fourth-order valence-corrected chi connectivity index (χ4v) is 3.00. The molecule has 0 heterocycles. The van der Waals surface area contributed by atoms with Crippen molar-refractivity contribution < 1.29 is 8.42 Å². The van der Waals surface area contributed by atoms with E-state index in [1.54, 1.807) is 13.1 Å². The molecule has 21 heavy (non-hydrogen) atoms. The van der Waals surface area contributed by atoms with E-state index in [-0.39, 0.29) is 0 Å². The van der Waals surface area contributed by atoms with Crippen LogP contribution in [0.2, 0.25) is 0 Å². The number of benzene rings is 1. The van der Waals surface area contributed by atoms with Gasteiger partial charge in [-0.3, -0.25) is 4.72 Å². The van der Waals surface area contributed by atoms with Crippen LogP contribution in [0, 0.1) is 0 Å². The van der Waals surface area contributed by atoms with Crippen LogP contribution in [0.3, 0.4) is 0 Å². The molecule has 0 saturated carbocycles. The van der Waals surface area contributed by atoms with Gasteiger partial charge in [0.1, 0.15) is 0 Å². The number of para-hydroxylation sites is 1. The minimum atomic E-state index is -3.48. The van der Waals surface area contributed by atoms with Crippen molar-refractivity contribution in [2.75, 3.05) is 31.4 Å². The summed E-state index contributed by atoms with van der Waals surface area (Å²) in [6, 6.07) is 7.49. The zero-order valence-corrected chi connectivity index (χ0v) is 14.0. The number of hydrogen-bond acceptors (Lipinski definition) is 3. The molecule has 0 aromatic heterocycles. The molecule has 0 aliphatic heterocycles. The van der Waals surface area contributed by atoms with Gasteiger partial charge in [-0.1, -0.05) is 32.0 Å². The first kappa shape index (κ1) is 17.9. The van der Waals surface area contributed by atoms with Gasteiger partial charge in [0.25, 0.3) is 0 Å². The second kappa shape index (κ2) is 9.02. The van der Waals surface area contributed by atoms with Crippen molar-refractivity contribution in [3.63, 3.8) is 0 Å². The lowest BCUT2D eigenvalue weighted by Crippen LogP contribution is -2.34. The summed E-state index contributed by atoms with van der Waals surface area (Å²) in [6.45, 7) is 6.42. The standard InChI is InChI=1S/C15H27N3O2S/c1-4-11-16-12-8-13-18(3)21(19,20)17-15-10-7-6-9-14(15)5-2/h6-7,9-10,16-17H,4-5,8,11-13H2,1-3H3. The minimum absolute atomic E-state index is 0.500. The first-order valence-electron chi connectivity index (χ1n) is 7.54. The van der Waals surface area contributed by atoms with Crippen LogP contribution >= 0.6 is 0 Å².